The predicted molar refractivity (Wildman–Crippen MR) is 136 cm³/mol. The first-order valence-electron chi connectivity index (χ1n) is 12.4. The van der Waals surface area contributed by atoms with Crippen LogP contribution in [0.5, 0.6) is 0 Å². The van der Waals surface area contributed by atoms with Crippen molar-refractivity contribution >= 4 is 0 Å². The highest BCUT2D eigenvalue weighted by Crippen LogP contribution is 2.32. The molecule has 0 saturated carbocycles. The summed E-state index contributed by atoms with van der Waals surface area (Å²) in [6.07, 6.45) is 8.76. The number of hydrogen-bond donors (Lipinski definition) is 2. The van der Waals surface area contributed by atoms with Gasteiger partial charge in [0.2, 0.25) is 0 Å². The van der Waals surface area contributed by atoms with Crippen molar-refractivity contribution < 1.29 is 0 Å². The molecule has 2 aromatic carbocycles. The summed E-state index contributed by atoms with van der Waals surface area (Å²) < 4.78 is 0. The minimum Gasteiger partial charge on any atom is -0.341 e. The van der Waals surface area contributed by atoms with Crippen LogP contribution in [0.2, 0.25) is 0 Å². The maximum Gasteiger partial charge on any atom is 0.123 e. The quantitative estimate of drug-likeness (QED) is 0.410. The first-order chi connectivity index (χ1) is 16.7. The van der Waals surface area contributed by atoms with Gasteiger partial charge in [-0.15, -0.1) is 0 Å². The van der Waals surface area contributed by atoms with Gasteiger partial charge in [-0.3, -0.25) is 9.80 Å². The van der Waals surface area contributed by atoms with Crippen LogP contribution in [0.15, 0.2) is 60.9 Å². The highest BCUT2D eigenvalue weighted by atomic mass is 15.2. The molecule has 2 N–H and O–H groups in total. The number of likely N-dealkylation sites (tertiary alicyclic amines) is 2. The van der Waals surface area contributed by atoms with Crippen molar-refractivity contribution in [1.29, 1.82) is 0 Å². The monoisotopic (exact) mass is 452 g/mol. The summed E-state index contributed by atoms with van der Waals surface area (Å²) in [6, 6.07) is 18.3. The molecule has 4 heterocycles. The maximum atomic E-state index is 4.67. The van der Waals surface area contributed by atoms with E-state index in [0.29, 0.717) is 12.1 Å². The molecule has 0 amide bonds. The van der Waals surface area contributed by atoms with Gasteiger partial charge in [-0.1, -0.05) is 48.5 Å². The van der Waals surface area contributed by atoms with Gasteiger partial charge in [0.25, 0.3) is 0 Å². The van der Waals surface area contributed by atoms with Crippen LogP contribution < -0.4 is 0 Å². The van der Waals surface area contributed by atoms with Crippen LogP contribution >= 0.6 is 0 Å². The Hall–Kier alpha value is -3.22. The van der Waals surface area contributed by atoms with Gasteiger partial charge >= 0.3 is 0 Å². The number of imidazole rings is 2. The van der Waals surface area contributed by atoms with Crippen LogP contribution in [0, 0.1) is 0 Å². The van der Waals surface area contributed by atoms with Crippen molar-refractivity contribution in [2.75, 3.05) is 27.2 Å². The zero-order chi connectivity index (χ0) is 23.1. The third kappa shape index (κ3) is 3.97. The average molecular weight is 453 g/mol. The number of nitrogens with zero attached hydrogens (tertiary/aromatic N) is 4. The largest absolute Gasteiger partial charge is 0.341 e. The van der Waals surface area contributed by atoms with E-state index in [-0.39, 0.29) is 0 Å². The molecule has 0 bridgehead atoms. The lowest BCUT2D eigenvalue weighted by atomic mass is 10.0. The third-order valence-electron chi connectivity index (χ3n) is 7.59. The lowest BCUT2D eigenvalue weighted by molar-refractivity contribution is 0.307. The van der Waals surface area contributed by atoms with E-state index in [2.05, 4.69) is 92.4 Å². The van der Waals surface area contributed by atoms with Crippen LogP contribution in [-0.2, 0) is 0 Å². The molecule has 174 valence electrons. The second kappa shape index (κ2) is 8.85. The van der Waals surface area contributed by atoms with Gasteiger partial charge < -0.3 is 9.97 Å². The fourth-order valence-electron chi connectivity index (χ4n) is 5.50. The van der Waals surface area contributed by atoms with Crippen LogP contribution in [-0.4, -0.2) is 56.9 Å². The van der Waals surface area contributed by atoms with Gasteiger partial charge in [0, 0.05) is 0 Å². The van der Waals surface area contributed by atoms with Gasteiger partial charge in [0.15, 0.2) is 0 Å². The van der Waals surface area contributed by atoms with E-state index in [1.54, 1.807) is 0 Å². The molecule has 0 spiro atoms. The SMILES string of the molecule is CN1CCCC1c1ncc(-c2ccc(-c3ccc(-c4cnc(C5CCCN5C)[nH]4)cc3)cc2)[nH]1. The number of H-pyrrole nitrogens is 2. The van der Waals surface area contributed by atoms with E-state index in [1.165, 1.54) is 47.9 Å². The van der Waals surface area contributed by atoms with Gasteiger partial charge in [-0.2, -0.15) is 0 Å². The maximum absolute atomic E-state index is 4.67. The van der Waals surface area contributed by atoms with E-state index in [9.17, 15) is 0 Å². The number of aromatic nitrogens is 4. The molecule has 2 aromatic heterocycles. The summed E-state index contributed by atoms with van der Waals surface area (Å²) in [6.45, 7) is 2.29. The molecule has 6 heteroatoms. The predicted octanol–water partition coefficient (Wildman–Crippen LogP) is 5.67. The summed E-state index contributed by atoms with van der Waals surface area (Å²) in [5.74, 6) is 2.16. The average Bonchev–Trinajstić information content (AvgIpc) is 3.66. The molecule has 6 rings (SSSR count). The van der Waals surface area contributed by atoms with Crippen LogP contribution in [0.4, 0.5) is 0 Å². The summed E-state index contributed by atoms with van der Waals surface area (Å²) >= 11 is 0. The van der Waals surface area contributed by atoms with E-state index >= 15 is 0 Å². The Morgan fingerprint density at radius 2 is 1.00 bits per heavy atom. The van der Waals surface area contributed by atoms with Gasteiger partial charge in [0.1, 0.15) is 11.6 Å². The minimum atomic E-state index is 0.413. The molecular weight excluding hydrogens is 420 g/mol. The Kier molecular flexibility index (Phi) is 5.55. The number of aromatic amines is 2. The van der Waals surface area contributed by atoms with Crippen molar-refractivity contribution in [2.45, 2.75) is 37.8 Å². The van der Waals surface area contributed by atoms with E-state index in [1.807, 2.05) is 12.4 Å². The number of benzene rings is 2. The Bertz CT molecular complexity index is 1150. The molecular formula is C28H32N6. The zero-order valence-electron chi connectivity index (χ0n) is 20.0. The van der Waals surface area contributed by atoms with Crippen LogP contribution in [0.25, 0.3) is 33.6 Å². The molecule has 34 heavy (non-hydrogen) atoms. The lowest BCUT2D eigenvalue weighted by Gasteiger charge is -2.16. The summed E-state index contributed by atoms with van der Waals surface area (Å²) in [5, 5.41) is 0. The van der Waals surface area contributed by atoms with Gasteiger partial charge in [0.05, 0.1) is 35.9 Å². The van der Waals surface area contributed by atoms with Crippen LogP contribution in [0.3, 0.4) is 0 Å². The van der Waals surface area contributed by atoms with Crippen molar-refractivity contribution in [3.05, 3.63) is 72.6 Å². The van der Waals surface area contributed by atoms with E-state index in [4.69, 9.17) is 0 Å². The normalized spacial score (nSPS) is 21.5. The van der Waals surface area contributed by atoms with E-state index < -0.39 is 0 Å². The molecule has 2 atom stereocenters. The highest BCUT2D eigenvalue weighted by molar-refractivity contribution is 5.71. The zero-order valence-corrected chi connectivity index (χ0v) is 20.0. The van der Waals surface area contributed by atoms with Crippen molar-refractivity contribution in [3.63, 3.8) is 0 Å². The van der Waals surface area contributed by atoms with Gasteiger partial charge in [-0.25, -0.2) is 9.97 Å². The Balaban J connectivity index is 1.16. The number of hydrogen-bond acceptors (Lipinski definition) is 4. The minimum absolute atomic E-state index is 0.413. The fourth-order valence-corrected chi connectivity index (χ4v) is 5.50. The Morgan fingerprint density at radius 1 is 0.618 bits per heavy atom. The standard InChI is InChI=1S/C28H32N6/c1-33-15-3-5-25(33)27-29-17-23(31-27)21-11-7-19(8-12-21)20-9-13-22(14-10-20)24-18-30-28(32-24)26-6-4-16-34(26)2/h7-14,17-18,25-26H,3-6,15-16H2,1-2H3,(H,29,31)(H,30,32). The van der Waals surface area contributed by atoms with Crippen molar-refractivity contribution in [1.82, 2.24) is 29.7 Å². The Labute approximate surface area is 201 Å². The Morgan fingerprint density at radius 3 is 1.35 bits per heavy atom. The van der Waals surface area contributed by atoms with E-state index in [0.717, 1.165) is 36.1 Å². The fraction of sp³-hybridized carbons (Fsp3) is 0.357. The first kappa shape index (κ1) is 21.3. The number of rotatable bonds is 5. The molecule has 0 radical (unpaired) electrons. The molecule has 6 nitrogen and oxygen atoms in total. The lowest BCUT2D eigenvalue weighted by Crippen LogP contribution is -2.18. The molecule has 2 fully saturated rings. The molecule has 4 aromatic rings. The molecule has 2 unspecified atom stereocenters. The molecule has 2 saturated heterocycles. The smallest absolute Gasteiger partial charge is 0.123 e. The molecule has 2 aliphatic rings. The highest BCUT2D eigenvalue weighted by Gasteiger charge is 2.26. The summed E-state index contributed by atoms with van der Waals surface area (Å²) in [5.41, 5.74) is 6.93. The molecule has 0 aliphatic carbocycles. The third-order valence-corrected chi connectivity index (χ3v) is 7.59. The summed E-state index contributed by atoms with van der Waals surface area (Å²) in [7, 11) is 4.36. The van der Waals surface area contributed by atoms with Crippen LogP contribution in [0.1, 0.15) is 49.4 Å². The topological polar surface area (TPSA) is 63.8 Å². The first-order valence-corrected chi connectivity index (χ1v) is 12.4. The van der Waals surface area contributed by atoms with Gasteiger partial charge in [-0.05, 0) is 75.1 Å². The second-order valence-corrected chi connectivity index (χ2v) is 9.80. The second-order valence-electron chi connectivity index (χ2n) is 9.80. The van der Waals surface area contributed by atoms with Crippen molar-refractivity contribution in [2.24, 2.45) is 0 Å². The van der Waals surface area contributed by atoms with Crippen molar-refractivity contribution in [3.8, 4) is 33.6 Å². The molecule has 2 aliphatic heterocycles. The number of nitrogens with one attached hydrogen (secondary N) is 2. The summed E-state index contributed by atoms with van der Waals surface area (Å²) in [4.78, 5) is 21.2.